The molecule has 0 bridgehead atoms. The Bertz CT molecular complexity index is 640. The fraction of sp³-hybridized carbons (Fsp3) is 0.727. The molecule has 1 aromatic heterocycles. The third-order valence-corrected chi connectivity index (χ3v) is 6.01. The van der Waals surface area contributed by atoms with Gasteiger partial charge in [0.15, 0.2) is 5.96 Å². The topological polar surface area (TPSA) is 71.0 Å². The van der Waals surface area contributed by atoms with Crippen LogP contribution in [0.25, 0.3) is 0 Å². The summed E-state index contributed by atoms with van der Waals surface area (Å²) >= 11 is 0. The molecule has 0 unspecified atom stereocenters. The molecule has 29 heavy (non-hydrogen) atoms. The number of hydrogen-bond acceptors (Lipinski definition) is 5. The molecule has 0 atom stereocenters. The third-order valence-electron chi connectivity index (χ3n) is 6.01. The molecular weight excluding hydrogens is 366 g/mol. The molecule has 0 amide bonds. The number of guanidine groups is 1. The van der Waals surface area contributed by atoms with E-state index in [0.29, 0.717) is 19.0 Å². The molecule has 1 saturated heterocycles. The van der Waals surface area contributed by atoms with Gasteiger partial charge >= 0.3 is 0 Å². The van der Waals surface area contributed by atoms with E-state index in [4.69, 9.17) is 9.47 Å². The van der Waals surface area contributed by atoms with Crippen molar-refractivity contribution in [2.24, 2.45) is 4.99 Å². The summed E-state index contributed by atoms with van der Waals surface area (Å²) in [7, 11) is 1.83. The number of hydrogen-bond donors (Lipinski definition) is 2. The molecule has 1 aliphatic heterocycles. The lowest BCUT2D eigenvalue weighted by Crippen LogP contribution is -2.60. The fourth-order valence-electron chi connectivity index (χ4n) is 4.39. The van der Waals surface area contributed by atoms with Crippen molar-refractivity contribution in [3.63, 3.8) is 0 Å². The zero-order valence-electron chi connectivity index (χ0n) is 18.1. The standard InChI is InChI=1S/C22H37N5O2/c1-3-14-29-20-19(8-7-11-24-20)17-25-21(23-2)26-18-22(9-5-4-6-10-22)27-12-15-28-16-13-27/h7-8,11H,3-6,9-10,12-18H2,1-2H3,(H2,23,25,26). The van der Waals surface area contributed by atoms with E-state index in [1.165, 1.54) is 32.1 Å². The molecule has 162 valence electrons. The molecule has 1 aromatic rings. The summed E-state index contributed by atoms with van der Waals surface area (Å²) in [6, 6.07) is 4.00. The van der Waals surface area contributed by atoms with Gasteiger partial charge in [0.05, 0.1) is 19.8 Å². The van der Waals surface area contributed by atoms with E-state index in [1.54, 1.807) is 6.20 Å². The average molecular weight is 404 g/mol. The Balaban J connectivity index is 1.58. The highest BCUT2D eigenvalue weighted by Gasteiger charge is 2.38. The van der Waals surface area contributed by atoms with Crippen LogP contribution in [0, 0.1) is 0 Å². The minimum Gasteiger partial charge on any atom is -0.477 e. The molecule has 2 N–H and O–H groups in total. The van der Waals surface area contributed by atoms with Gasteiger partial charge in [0.25, 0.3) is 0 Å². The number of nitrogens with one attached hydrogen (secondary N) is 2. The van der Waals surface area contributed by atoms with E-state index >= 15 is 0 Å². The summed E-state index contributed by atoms with van der Waals surface area (Å²) in [6.45, 7) is 8.08. The normalized spacial score (nSPS) is 20.3. The minimum absolute atomic E-state index is 0.212. The van der Waals surface area contributed by atoms with Crippen LogP contribution < -0.4 is 15.4 Å². The molecule has 0 spiro atoms. The monoisotopic (exact) mass is 403 g/mol. The van der Waals surface area contributed by atoms with Crippen molar-refractivity contribution in [3.05, 3.63) is 23.9 Å². The molecule has 1 saturated carbocycles. The number of rotatable bonds is 8. The van der Waals surface area contributed by atoms with Crippen LogP contribution in [0.3, 0.4) is 0 Å². The zero-order valence-corrected chi connectivity index (χ0v) is 18.1. The lowest BCUT2D eigenvalue weighted by Gasteiger charge is -2.48. The van der Waals surface area contributed by atoms with Gasteiger partial charge in [-0.2, -0.15) is 0 Å². The maximum atomic E-state index is 5.77. The zero-order chi connectivity index (χ0) is 20.4. The van der Waals surface area contributed by atoms with Crippen LogP contribution in [0.15, 0.2) is 23.3 Å². The van der Waals surface area contributed by atoms with Crippen LogP contribution in [0.2, 0.25) is 0 Å². The maximum Gasteiger partial charge on any atom is 0.218 e. The van der Waals surface area contributed by atoms with Gasteiger partial charge in [0.1, 0.15) is 0 Å². The van der Waals surface area contributed by atoms with Gasteiger partial charge in [-0.3, -0.25) is 9.89 Å². The first-order chi connectivity index (χ1) is 14.3. The SMILES string of the molecule is CCCOc1ncccc1CNC(=NC)NCC1(N2CCOCC2)CCCCC1. The Morgan fingerprint density at radius 2 is 2.03 bits per heavy atom. The third kappa shape index (κ3) is 6.06. The Kier molecular flexibility index (Phi) is 8.55. The molecule has 2 fully saturated rings. The van der Waals surface area contributed by atoms with Crippen molar-refractivity contribution in [1.29, 1.82) is 0 Å². The molecule has 2 aliphatic rings. The lowest BCUT2D eigenvalue weighted by atomic mass is 9.80. The van der Waals surface area contributed by atoms with E-state index in [0.717, 1.165) is 50.8 Å². The van der Waals surface area contributed by atoms with E-state index in [9.17, 15) is 0 Å². The van der Waals surface area contributed by atoms with E-state index < -0.39 is 0 Å². The number of aliphatic imine (C=N–C) groups is 1. The second kappa shape index (κ2) is 11.4. The van der Waals surface area contributed by atoms with Crippen molar-refractivity contribution in [3.8, 4) is 5.88 Å². The second-order valence-electron chi connectivity index (χ2n) is 7.98. The number of pyridine rings is 1. The number of nitrogens with zero attached hydrogens (tertiary/aromatic N) is 3. The fourth-order valence-corrected chi connectivity index (χ4v) is 4.39. The summed E-state index contributed by atoms with van der Waals surface area (Å²) < 4.78 is 11.4. The van der Waals surface area contributed by atoms with Gasteiger partial charge in [0.2, 0.25) is 5.88 Å². The summed E-state index contributed by atoms with van der Waals surface area (Å²) in [5.41, 5.74) is 1.26. The predicted molar refractivity (Wildman–Crippen MR) is 116 cm³/mol. The Hall–Kier alpha value is -1.86. The van der Waals surface area contributed by atoms with Crippen LogP contribution in [-0.4, -0.2) is 67.9 Å². The number of ether oxygens (including phenoxy) is 2. The van der Waals surface area contributed by atoms with Crippen molar-refractivity contribution >= 4 is 5.96 Å². The van der Waals surface area contributed by atoms with Crippen molar-refractivity contribution < 1.29 is 9.47 Å². The molecule has 7 nitrogen and oxygen atoms in total. The van der Waals surface area contributed by atoms with Gasteiger partial charge in [-0.15, -0.1) is 0 Å². The van der Waals surface area contributed by atoms with Crippen LogP contribution in [0.4, 0.5) is 0 Å². The molecule has 2 heterocycles. The first-order valence-electron chi connectivity index (χ1n) is 11.1. The molecule has 0 radical (unpaired) electrons. The van der Waals surface area contributed by atoms with Crippen LogP contribution in [-0.2, 0) is 11.3 Å². The number of aromatic nitrogens is 1. The predicted octanol–water partition coefficient (Wildman–Crippen LogP) is 2.57. The lowest BCUT2D eigenvalue weighted by molar-refractivity contribution is -0.0352. The molecule has 3 rings (SSSR count). The van der Waals surface area contributed by atoms with Crippen LogP contribution in [0.1, 0.15) is 51.0 Å². The summed E-state index contributed by atoms with van der Waals surface area (Å²) in [6.07, 6.45) is 9.19. The molecular formula is C22H37N5O2. The van der Waals surface area contributed by atoms with Gasteiger partial charge in [-0.1, -0.05) is 32.3 Å². The molecule has 1 aliphatic carbocycles. The Labute approximate surface area is 175 Å². The summed E-state index contributed by atoms with van der Waals surface area (Å²) in [5.74, 6) is 1.53. The first-order valence-corrected chi connectivity index (χ1v) is 11.1. The largest absolute Gasteiger partial charge is 0.477 e. The average Bonchev–Trinajstić information content (AvgIpc) is 2.79. The first kappa shape index (κ1) is 21.8. The van der Waals surface area contributed by atoms with E-state index in [2.05, 4.69) is 38.5 Å². The smallest absolute Gasteiger partial charge is 0.218 e. The highest BCUT2D eigenvalue weighted by molar-refractivity contribution is 5.79. The van der Waals surface area contributed by atoms with Crippen LogP contribution >= 0.6 is 0 Å². The Morgan fingerprint density at radius 3 is 2.76 bits per heavy atom. The van der Waals surface area contributed by atoms with E-state index in [-0.39, 0.29) is 5.54 Å². The van der Waals surface area contributed by atoms with Gasteiger partial charge in [-0.05, 0) is 25.3 Å². The summed E-state index contributed by atoms with van der Waals surface area (Å²) in [5, 5.41) is 7.04. The van der Waals surface area contributed by atoms with Crippen molar-refractivity contribution in [1.82, 2.24) is 20.5 Å². The second-order valence-corrected chi connectivity index (χ2v) is 7.98. The highest BCUT2D eigenvalue weighted by atomic mass is 16.5. The molecule has 7 heteroatoms. The van der Waals surface area contributed by atoms with Gasteiger partial charge < -0.3 is 20.1 Å². The Morgan fingerprint density at radius 1 is 1.24 bits per heavy atom. The van der Waals surface area contributed by atoms with Crippen molar-refractivity contribution in [2.75, 3.05) is 46.5 Å². The number of morpholine rings is 1. The maximum absolute atomic E-state index is 5.77. The van der Waals surface area contributed by atoms with Gasteiger partial charge in [-0.25, -0.2) is 4.98 Å². The van der Waals surface area contributed by atoms with Gasteiger partial charge in [0, 0.05) is 50.5 Å². The molecule has 0 aromatic carbocycles. The quantitative estimate of drug-likeness (QED) is 0.514. The minimum atomic E-state index is 0.212. The highest BCUT2D eigenvalue weighted by Crippen LogP contribution is 2.33. The van der Waals surface area contributed by atoms with Crippen LogP contribution in [0.5, 0.6) is 5.88 Å². The van der Waals surface area contributed by atoms with E-state index in [1.807, 2.05) is 13.1 Å². The van der Waals surface area contributed by atoms with Crippen molar-refractivity contribution in [2.45, 2.75) is 57.5 Å². The summed E-state index contributed by atoms with van der Waals surface area (Å²) in [4.78, 5) is 11.5.